The summed E-state index contributed by atoms with van der Waals surface area (Å²) in [6.45, 7) is 2.39. The molecule has 0 spiro atoms. The van der Waals surface area contributed by atoms with Crippen LogP contribution in [0.1, 0.15) is 5.56 Å². The van der Waals surface area contributed by atoms with Crippen LogP contribution in [0.3, 0.4) is 0 Å². The predicted octanol–water partition coefficient (Wildman–Crippen LogP) is 2.73. The van der Waals surface area contributed by atoms with Crippen molar-refractivity contribution in [3.8, 4) is 0 Å². The van der Waals surface area contributed by atoms with Crippen molar-refractivity contribution in [3.05, 3.63) is 47.5 Å². The number of rotatable bonds is 4. The topological polar surface area (TPSA) is 29.1 Å². The van der Waals surface area contributed by atoms with Gasteiger partial charge in [0.05, 0.1) is 6.54 Å². The van der Waals surface area contributed by atoms with E-state index in [0.29, 0.717) is 0 Å². The zero-order valence-corrected chi connectivity index (χ0v) is 9.10. The fraction of sp³-hybridized carbons (Fsp3) is 0.182. The molecule has 0 heterocycles. The molecule has 1 N–H and O–H groups in total. The molecule has 0 saturated carbocycles. The molecule has 1 aromatic carbocycles. The van der Waals surface area contributed by atoms with Crippen molar-refractivity contribution < 1.29 is 13.6 Å². The molecule has 1 amide bonds. The summed E-state index contributed by atoms with van der Waals surface area (Å²) in [7, 11) is 0. The van der Waals surface area contributed by atoms with Crippen molar-refractivity contribution in [1.82, 2.24) is 5.32 Å². The number of halogens is 3. The monoisotopic (exact) mass is 245 g/mol. The Kier molecular flexibility index (Phi) is 4.01. The molecule has 0 aliphatic rings. The highest BCUT2D eigenvalue weighted by atomic mass is 35.5. The Bertz CT molecular complexity index is 407. The van der Waals surface area contributed by atoms with Gasteiger partial charge in [-0.25, -0.2) is 0 Å². The number of amides is 1. The van der Waals surface area contributed by atoms with Crippen molar-refractivity contribution >= 4 is 17.5 Å². The maximum atomic E-state index is 13.5. The highest BCUT2D eigenvalue weighted by Gasteiger charge is 2.31. The van der Waals surface area contributed by atoms with Gasteiger partial charge in [-0.3, -0.25) is 4.79 Å². The van der Waals surface area contributed by atoms with Crippen molar-refractivity contribution in [2.45, 2.75) is 5.92 Å². The largest absolute Gasteiger partial charge is 0.346 e. The third kappa shape index (κ3) is 3.31. The molecule has 2 nitrogen and oxygen atoms in total. The Hall–Kier alpha value is -1.42. The minimum Gasteiger partial charge on any atom is -0.346 e. The number of alkyl halides is 2. The van der Waals surface area contributed by atoms with Crippen molar-refractivity contribution in [3.63, 3.8) is 0 Å². The third-order valence-electron chi connectivity index (χ3n) is 1.92. The van der Waals surface area contributed by atoms with Crippen LogP contribution >= 0.6 is 11.6 Å². The van der Waals surface area contributed by atoms with Crippen LogP contribution in [-0.2, 0) is 10.7 Å². The Morgan fingerprint density at radius 1 is 1.56 bits per heavy atom. The van der Waals surface area contributed by atoms with E-state index in [0.717, 1.165) is 6.08 Å². The quantitative estimate of drug-likeness (QED) is 0.812. The first kappa shape index (κ1) is 12.6. The van der Waals surface area contributed by atoms with Crippen LogP contribution in [0.2, 0.25) is 5.02 Å². The van der Waals surface area contributed by atoms with E-state index in [-0.39, 0.29) is 10.6 Å². The second-order valence-corrected chi connectivity index (χ2v) is 3.57. The number of hydrogen-bond donors (Lipinski definition) is 1. The predicted molar refractivity (Wildman–Crippen MR) is 58.6 cm³/mol. The van der Waals surface area contributed by atoms with Gasteiger partial charge >= 0.3 is 0 Å². The molecular weight excluding hydrogens is 236 g/mol. The maximum Gasteiger partial charge on any atom is 0.290 e. The van der Waals surface area contributed by atoms with Crippen LogP contribution < -0.4 is 5.32 Å². The van der Waals surface area contributed by atoms with Crippen molar-refractivity contribution in [2.75, 3.05) is 6.54 Å². The Balaban J connectivity index is 2.77. The number of carbonyl (C=O) groups is 1. The molecule has 5 heteroatoms. The lowest BCUT2D eigenvalue weighted by molar-refractivity contribution is -0.118. The molecule has 0 unspecified atom stereocenters. The fourth-order valence-corrected chi connectivity index (χ4v) is 1.28. The van der Waals surface area contributed by atoms with E-state index in [2.05, 4.69) is 6.58 Å². The van der Waals surface area contributed by atoms with Gasteiger partial charge in [0.1, 0.15) is 0 Å². The van der Waals surface area contributed by atoms with Crippen LogP contribution in [0.15, 0.2) is 36.9 Å². The number of nitrogens with one attached hydrogen (secondary N) is 1. The van der Waals surface area contributed by atoms with Crippen molar-refractivity contribution in [1.29, 1.82) is 0 Å². The smallest absolute Gasteiger partial charge is 0.290 e. The number of hydrogen-bond acceptors (Lipinski definition) is 1. The van der Waals surface area contributed by atoms with Gasteiger partial charge in [-0.05, 0) is 18.2 Å². The SMILES string of the molecule is C=CC(=O)NCC(F)(F)c1cccc(Cl)c1. The summed E-state index contributed by atoms with van der Waals surface area (Å²) in [5.41, 5.74) is -0.232. The highest BCUT2D eigenvalue weighted by Crippen LogP contribution is 2.28. The van der Waals surface area contributed by atoms with E-state index in [1.165, 1.54) is 24.3 Å². The first-order valence-corrected chi connectivity index (χ1v) is 4.87. The Labute approximate surface area is 96.9 Å². The minimum atomic E-state index is -3.15. The highest BCUT2D eigenvalue weighted by molar-refractivity contribution is 6.30. The third-order valence-corrected chi connectivity index (χ3v) is 2.15. The molecule has 1 aromatic rings. The summed E-state index contributed by atoms with van der Waals surface area (Å²) in [6, 6.07) is 5.36. The zero-order valence-electron chi connectivity index (χ0n) is 8.34. The molecular formula is C11H10ClF2NO. The van der Waals surface area contributed by atoms with Gasteiger partial charge in [0, 0.05) is 10.6 Å². The summed E-state index contributed by atoms with van der Waals surface area (Å²) >= 11 is 5.60. The summed E-state index contributed by atoms with van der Waals surface area (Å²) in [5, 5.41) is 2.27. The average molecular weight is 246 g/mol. The molecule has 0 aliphatic heterocycles. The Morgan fingerprint density at radius 3 is 2.81 bits per heavy atom. The van der Waals surface area contributed by atoms with Gasteiger partial charge in [0.2, 0.25) is 5.91 Å². The number of benzene rings is 1. The molecule has 0 radical (unpaired) electrons. The van der Waals surface area contributed by atoms with E-state index in [4.69, 9.17) is 11.6 Å². The van der Waals surface area contributed by atoms with E-state index < -0.39 is 18.4 Å². The van der Waals surface area contributed by atoms with E-state index in [1.54, 1.807) is 0 Å². The molecule has 0 aliphatic carbocycles. The molecule has 0 bridgehead atoms. The van der Waals surface area contributed by atoms with Gasteiger partial charge in [-0.1, -0.05) is 30.3 Å². The zero-order chi connectivity index (χ0) is 12.2. The van der Waals surface area contributed by atoms with Gasteiger partial charge < -0.3 is 5.32 Å². The molecule has 0 atom stereocenters. The fourth-order valence-electron chi connectivity index (χ4n) is 1.09. The second-order valence-electron chi connectivity index (χ2n) is 3.14. The van der Waals surface area contributed by atoms with E-state index in [1.807, 2.05) is 5.32 Å². The lowest BCUT2D eigenvalue weighted by atomic mass is 10.1. The van der Waals surface area contributed by atoms with Crippen LogP contribution in [0, 0.1) is 0 Å². The summed E-state index contributed by atoms with van der Waals surface area (Å²) in [4.78, 5) is 10.8. The Morgan fingerprint density at radius 2 is 2.25 bits per heavy atom. The van der Waals surface area contributed by atoms with Gasteiger partial charge in [0.15, 0.2) is 0 Å². The minimum absolute atomic E-state index is 0.229. The molecule has 1 rings (SSSR count). The van der Waals surface area contributed by atoms with Gasteiger partial charge in [0.25, 0.3) is 5.92 Å². The van der Waals surface area contributed by atoms with Crippen LogP contribution in [0.5, 0.6) is 0 Å². The molecule has 0 aromatic heterocycles. The summed E-state index contributed by atoms with van der Waals surface area (Å²) in [6.07, 6.45) is 0.939. The van der Waals surface area contributed by atoms with E-state index >= 15 is 0 Å². The molecule has 0 saturated heterocycles. The first-order chi connectivity index (χ1) is 7.45. The van der Waals surface area contributed by atoms with E-state index in [9.17, 15) is 13.6 Å². The number of carbonyl (C=O) groups excluding carboxylic acids is 1. The maximum absolute atomic E-state index is 13.5. The van der Waals surface area contributed by atoms with Crippen LogP contribution in [0.25, 0.3) is 0 Å². The lowest BCUT2D eigenvalue weighted by Gasteiger charge is -2.17. The van der Waals surface area contributed by atoms with Crippen LogP contribution in [0.4, 0.5) is 8.78 Å². The molecule has 0 fully saturated rings. The van der Waals surface area contributed by atoms with Crippen molar-refractivity contribution in [2.24, 2.45) is 0 Å². The molecule has 16 heavy (non-hydrogen) atoms. The molecule has 86 valence electrons. The summed E-state index contributed by atoms with van der Waals surface area (Å²) < 4.78 is 27.1. The average Bonchev–Trinajstić information content (AvgIpc) is 2.26. The van der Waals surface area contributed by atoms with Gasteiger partial charge in [-0.15, -0.1) is 0 Å². The normalized spacial score (nSPS) is 10.9. The van der Waals surface area contributed by atoms with Gasteiger partial charge in [-0.2, -0.15) is 8.78 Å². The summed E-state index contributed by atoms with van der Waals surface area (Å²) in [5.74, 6) is -3.79. The second kappa shape index (κ2) is 5.07. The first-order valence-electron chi connectivity index (χ1n) is 4.50. The van der Waals surface area contributed by atoms with Crippen LogP contribution in [-0.4, -0.2) is 12.5 Å². The lowest BCUT2D eigenvalue weighted by Crippen LogP contribution is -2.33. The standard InChI is InChI=1S/C11H10ClF2NO/c1-2-10(16)15-7-11(13,14)8-4-3-5-9(12)6-8/h2-6H,1,7H2,(H,15,16).